The summed E-state index contributed by atoms with van der Waals surface area (Å²) in [7, 11) is -2.36. The SMILES string of the molecule is COCc1cccc(S(=O)(=O)N[C@@H](CC(C)C)C(=O)O)c1. The van der Waals surface area contributed by atoms with Gasteiger partial charge in [-0.05, 0) is 30.0 Å². The summed E-state index contributed by atoms with van der Waals surface area (Å²) in [5.74, 6) is -1.12. The second kappa shape index (κ2) is 7.53. The third kappa shape index (κ3) is 5.45. The summed E-state index contributed by atoms with van der Waals surface area (Å²) in [6.07, 6.45) is 0.228. The lowest BCUT2D eigenvalue weighted by Crippen LogP contribution is -2.41. The number of methoxy groups -OCH3 is 1. The number of hydrogen-bond acceptors (Lipinski definition) is 4. The molecule has 1 aromatic rings. The van der Waals surface area contributed by atoms with Gasteiger partial charge in [0.25, 0.3) is 0 Å². The fourth-order valence-corrected chi connectivity index (χ4v) is 3.17. The number of sulfonamides is 1. The van der Waals surface area contributed by atoms with E-state index < -0.39 is 22.0 Å². The second-order valence-corrected chi connectivity index (χ2v) is 6.94. The maximum atomic E-state index is 12.3. The molecule has 0 fully saturated rings. The average molecular weight is 315 g/mol. The summed E-state index contributed by atoms with van der Waals surface area (Å²) in [6, 6.07) is 5.10. The van der Waals surface area contributed by atoms with Crippen molar-refractivity contribution in [3.8, 4) is 0 Å². The summed E-state index contributed by atoms with van der Waals surface area (Å²) in [4.78, 5) is 11.2. The van der Waals surface area contributed by atoms with E-state index in [-0.39, 0.29) is 23.8 Å². The highest BCUT2D eigenvalue weighted by atomic mass is 32.2. The third-order valence-corrected chi connectivity index (χ3v) is 4.29. The third-order valence-electron chi connectivity index (χ3n) is 2.82. The zero-order valence-corrected chi connectivity index (χ0v) is 13.2. The summed E-state index contributed by atoms with van der Waals surface area (Å²) in [6.45, 7) is 3.96. The smallest absolute Gasteiger partial charge is 0.321 e. The number of ether oxygens (including phenoxy) is 1. The van der Waals surface area contributed by atoms with Gasteiger partial charge in [0.1, 0.15) is 6.04 Å². The molecule has 0 unspecified atom stereocenters. The van der Waals surface area contributed by atoms with E-state index in [2.05, 4.69) is 4.72 Å². The minimum atomic E-state index is -3.88. The highest BCUT2D eigenvalue weighted by Gasteiger charge is 2.26. The quantitative estimate of drug-likeness (QED) is 0.760. The maximum Gasteiger partial charge on any atom is 0.321 e. The van der Waals surface area contributed by atoms with E-state index >= 15 is 0 Å². The van der Waals surface area contributed by atoms with E-state index in [1.807, 2.05) is 13.8 Å². The van der Waals surface area contributed by atoms with Crippen molar-refractivity contribution in [1.82, 2.24) is 4.72 Å². The normalized spacial score (nSPS) is 13.3. The Morgan fingerprint density at radius 2 is 2.05 bits per heavy atom. The van der Waals surface area contributed by atoms with Crippen LogP contribution in [0, 0.1) is 5.92 Å². The molecular formula is C14H21NO5S. The number of carbonyl (C=O) groups is 1. The van der Waals surface area contributed by atoms with Crippen LogP contribution >= 0.6 is 0 Å². The number of aliphatic carboxylic acids is 1. The van der Waals surface area contributed by atoms with E-state index in [0.29, 0.717) is 5.56 Å². The summed E-state index contributed by atoms with van der Waals surface area (Å²) < 4.78 is 31.7. The molecule has 0 aromatic heterocycles. The molecule has 0 radical (unpaired) electrons. The first-order valence-electron chi connectivity index (χ1n) is 6.59. The predicted octanol–water partition coefficient (Wildman–Crippen LogP) is 1.61. The van der Waals surface area contributed by atoms with Gasteiger partial charge in [-0.2, -0.15) is 4.72 Å². The van der Waals surface area contributed by atoms with Crippen LogP contribution in [0.4, 0.5) is 0 Å². The highest BCUT2D eigenvalue weighted by Crippen LogP contribution is 2.14. The molecule has 0 saturated carbocycles. The van der Waals surface area contributed by atoms with Gasteiger partial charge in [0.15, 0.2) is 0 Å². The molecule has 0 spiro atoms. The Labute approximate surface area is 125 Å². The van der Waals surface area contributed by atoms with Gasteiger partial charge >= 0.3 is 5.97 Å². The molecule has 21 heavy (non-hydrogen) atoms. The largest absolute Gasteiger partial charge is 0.480 e. The van der Waals surface area contributed by atoms with Crippen molar-refractivity contribution in [3.05, 3.63) is 29.8 Å². The standard InChI is InChI=1S/C14H21NO5S/c1-10(2)7-13(14(16)17)15-21(18,19)12-6-4-5-11(8-12)9-20-3/h4-6,8,10,13,15H,7,9H2,1-3H3,(H,16,17)/t13-/m0/s1. The minimum Gasteiger partial charge on any atom is -0.480 e. The molecule has 6 nitrogen and oxygen atoms in total. The number of benzene rings is 1. The highest BCUT2D eigenvalue weighted by molar-refractivity contribution is 7.89. The molecule has 0 saturated heterocycles. The topological polar surface area (TPSA) is 92.7 Å². The fourth-order valence-electron chi connectivity index (χ4n) is 1.90. The zero-order chi connectivity index (χ0) is 16.0. The van der Waals surface area contributed by atoms with Crippen LogP contribution in [0.5, 0.6) is 0 Å². The molecule has 0 bridgehead atoms. The van der Waals surface area contributed by atoms with Crippen LogP contribution in [0.3, 0.4) is 0 Å². The van der Waals surface area contributed by atoms with Gasteiger partial charge in [0.05, 0.1) is 11.5 Å². The molecule has 0 aliphatic heterocycles. The number of rotatable bonds is 8. The van der Waals surface area contributed by atoms with Crippen LogP contribution in [0.25, 0.3) is 0 Å². The van der Waals surface area contributed by atoms with Crippen LogP contribution in [0.15, 0.2) is 29.2 Å². The number of carboxylic acid groups (broad SMARTS) is 1. The van der Waals surface area contributed by atoms with Crippen LogP contribution in [0.2, 0.25) is 0 Å². The molecule has 0 aliphatic carbocycles. The Morgan fingerprint density at radius 3 is 2.57 bits per heavy atom. The molecule has 1 atom stereocenters. The number of carboxylic acids is 1. The molecule has 7 heteroatoms. The van der Waals surface area contributed by atoms with Crippen molar-refractivity contribution >= 4 is 16.0 Å². The predicted molar refractivity (Wildman–Crippen MR) is 78.4 cm³/mol. The van der Waals surface area contributed by atoms with E-state index in [4.69, 9.17) is 9.84 Å². The average Bonchev–Trinajstić information content (AvgIpc) is 2.38. The Hall–Kier alpha value is -1.44. The molecular weight excluding hydrogens is 294 g/mol. The van der Waals surface area contributed by atoms with Crippen LogP contribution in [-0.4, -0.2) is 32.6 Å². The van der Waals surface area contributed by atoms with E-state index in [1.54, 1.807) is 12.1 Å². The minimum absolute atomic E-state index is 0.0343. The molecule has 118 valence electrons. The molecule has 0 amide bonds. The molecule has 0 heterocycles. The van der Waals surface area contributed by atoms with Crippen LogP contribution < -0.4 is 4.72 Å². The monoisotopic (exact) mass is 315 g/mol. The lowest BCUT2D eigenvalue weighted by molar-refractivity contribution is -0.139. The Balaban J connectivity index is 2.98. The summed E-state index contributed by atoms with van der Waals surface area (Å²) in [5.41, 5.74) is 0.705. The lowest BCUT2D eigenvalue weighted by atomic mass is 10.1. The summed E-state index contributed by atoms with van der Waals surface area (Å²) >= 11 is 0. The van der Waals surface area contributed by atoms with E-state index in [1.165, 1.54) is 19.2 Å². The van der Waals surface area contributed by atoms with Crippen LogP contribution in [0.1, 0.15) is 25.8 Å². The zero-order valence-electron chi connectivity index (χ0n) is 12.4. The first-order valence-corrected chi connectivity index (χ1v) is 8.07. The Kier molecular flexibility index (Phi) is 6.32. The number of hydrogen-bond donors (Lipinski definition) is 2. The number of nitrogens with one attached hydrogen (secondary N) is 1. The van der Waals surface area contributed by atoms with Gasteiger partial charge in [-0.3, -0.25) is 4.79 Å². The van der Waals surface area contributed by atoms with Gasteiger partial charge in [-0.25, -0.2) is 8.42 Å². The van der Waals surface area contributed by atoms with Gasteiger partial charge in [0.2, 0.25) is 10.0 Å². The first kappa shape index (κ1) is 17.6. The second-order valence-electron chi connectivity index (χ2n) is 5.22. The maximum absolute atomic E-state index is 12.3. The summed E-state index contributed by atoms with van der Waals surface area (Å²) in [5, 5.41) is 9.12. The van der Waals surface area contributed by atoms with Gasteiger partial charge in [0, 0.05) is 7.11 Å². The van der Waals surface area contributed by atoms with Crippen LogP contribution in [-0.2, 0) is 26.2 Å². The van der Waals surface area contributed by atoms with E-state index in [0.717, 1.165) is 0 Å². The first-order chi connectivity index (χ1) is 9.76. The Morgan fingerprint density at radius 1 is 1.38 bits per heavy atom. The molecule has 0 aliphatic rings. The molecule has 1 aromatic carbocycles. The van der Waals surface area contributed by atoms with Crippen molar-refractivity contribution < 1.29 is 23.1 Å². The van der Waals surface area contributed by atoms with Crippen molar-refractivity contribution in [2.75, 3.05) is 7.11 Å². The van der Waals surface area contributed by atoms with Gasteiger partial charge < -0.3 is 9.84 Å². The van der Waals surface area contributed by atoms with Crippen molar-refractivity contribution in [3.63, 3.8) is 0 Å². The lowest BCUT2D eigenvalue weighted by Gasteiger charge is -2.17. The van der Waals surface area contributed by atoms with Crippen molar-refractivity contribution in [2.24, 2.45) is 5.92 Å². The van der Waals surface area contributed by atoms with Gasteiger partial charge in [-0.1, -0.05) is 26.0 Å². The Bertz CT molecular complexity index is 583. The van der Waals surface area contributed by atoms with Gasteiger partial charge in [-0.15, -0.1) is 0 Å². The molecule has 1 rings (SSSR count). The van der Waals surface area contributed by atoms with E-state index in [9.17, 15) is 13.2 Å². The fraction of sp³-hybridized carbons (Fsp3) is 0.500. The molecule has 2 N–H and O–H groups in total. The van der Waals surface area contributed by atoms with Crippen molar-refractivity contribution in [2.45, 2.75) is 37.8 Å². The van der Waals surface area contributed by atoms with Crippen molar-refractivity contribution in [1.29, 1.82) is 0 Å².